The van der Waals surface area contributed by atoms with Gasteiger partial charge in [0.2, 0.25) is 10.0 Å². The van der Waals surface area contributed by atoms with E-state index in [2.05, 4.69) is 4.72 Å². The van der Waals surface area contributed by atoms with E-state index in [9.17, 15) is 13.5 Å². The third-order valence-electron chi connectivity index (χ3n) is 4.22. The SMILES string of the molecule is O=S(=O)(CC1CCCCC1)NC1CCC(O)CC1. The first-order chi connectivity index (χ1) is 8.55. The molecule has 2 aliphatic rings. The van der Waals surface area contributed by atoms with Gasteiger partial charge in [0.25, 0.3) is 0 Å². The van der Waals surface area contributed by atoms with Crippen LogP contribution in [0.1, 0.15) is 57.8 Å². The highest BCUT2D eigenvalue weighted by atomic mass is 32.2. The maximum atomic E-state index is 12.1. The molecule has 0 spiro atoms. The number of nitrogens with one attached hydrogen (secondary N) is 1. The second-order valence-electron chi connectivity index (χ2n) is 5.91. The summed E-state index contributed by atoms with van der Waals surface area (Å²) in [7, 11) is -3.13. The van der Waals surface area contributed by atoms with Crippen LogP contribution in [0.15, 0.2) is 0 Å². The van der Waals surface area contributed by atoms with E-state index in [0.29, 0.717) is 11.7 Å². The highest BCUT2D eigenvalue weighted by molar-refractivity contribution is 7.89. The molecule has 0 aromatic heterocycles. The molecule has 0 amide bonds. The normalized spacial score (nSPS) is 31.4. The van der Waals surface area contributed by atoms with Crippen molar-refractivity contribution < 1.29 is 13.5 Å². The van der Waals surface area contributed by atoms with E-state index >= 15 is 0 Å². The molecule has 0 radical (unpaired) electrons. The third-order valence-corrected chi connectivity index (χ3v) is 5.83. The van der Waals surface area contributed by atoms with Crippen LogP contribution in [0.3, 0.4) is 0 Å². The molecule has 0 aliphatic heterocycles. The second kappa shape index (κ2) is 6.35. The Hall–Kier alpha value is -0.130. The molecule has 0 atom stereocenters. The zero-order chi connectivity index (χ0) is 13.0. The molecule has 0 saturated heterocycles. The van der Waals surface area contributed by atoms with E-state index in [1.807, 2.05) is 0 Å². The molecule has 2 saturated carbocycles. The summed E-state index contributed by atoms with van der Waals surface area (Å²) in [4.78, 5) is 0. The average Bonchev–Trinajstić information content (AvgIpc) is 2.32. The zero-order valence-electron chi connectivity index (χ0n) is 11.0. The second-order valence-corrected chi connectivity index (χ2v) is 7.71. The number of aliphatic hydroxyl groups is 1. The van der Waals surface area contributed by atoms with Gasteiger partial charge in [0.1, 0.15) is 0 Å². The summed E-state index contributed by atoms with van der Waals surface area (Å²) in [5.41, 5.74) is 0. The first-order valence-electron chi connectivity index (χ1n) is 7.23. The Labute approximate surface area is 110 Å². The Morgan fingerprint density at radius 2 is 1.56 bits per heavy atom. The van der Waals surface area contributed by atoms with Crippen LogP contribution in [0.25, 0.3) is 0 Å². The van der Waals surface area contributed by atoms with Crippen LogP contribution in [0.5, 0.6) is 0 Å². The van der Waals surface area contributed by atoms with Crippen molar-refractivity contribution in [1.29, 1.82) is 0 Å². The van der Waals surface area contributed by atoms with E-state index in [0.717, 1.165) is 38.5 Å². The van der Waals surface area contributed by atoms with E-state index in [-0.39, 0.29) is 12.1 Å². The Bertz CT molecular complexity index is 341. The molecule has 0 aromatic rings. The van der Waals surface area contributed by atoms with Crippen LogP contribution in [0.2, 0.25) is 0 Å². The molecule has 4 nitrogen and oxygen atoms in total. The average molecular weight is 275 g/mol. The Morgan fingerprint density at radius 3 is 2.17 bits per heavy atom. The van der Waals surface area contributed by atoms with Crippen LogP contribution in [0, 0.1) is 5.92 Å². The summed E-state index contributed by atoms with van der Waals surface area (Å²) in [6.45, 7) is 0. The highest BCUT2D eigenvalue weighted by Gasteiger charge is 2.26. The fourth-order valence-electron chi connectivity index (χ4n) is 3.16. The summed E-state index contributed by atoms with van der Waals surface area (Å²) >= 11 is 0. The molecule has 0 unspecified atom stereocenters. The van der Waals surface area contributed by atoms with Crippen molar-refractivity contribution in [3.63, 3.8) is 0 Å². The predicted octanol–water partition coefficient (Wildman–Crippen LogP) is 1.79. The number of hydrogen-bond donors (Lipinski definition) is 2. The molecule has 0 heterocycles. The summed E-state index contributed by atoms with van der Waals surface area (Å²) in [6, 6.07) is 0.0435. The first-order valence-corrected chi connectivity index (χ1v) is 8.88. The van der Waals surface area contributed by atoms with Gasteiger partial charge in [0.05, 0.1) is 11.9 Å². The summed E-state index contributed by atoms with van der Waals surface area (Å²) in [6.07, 6.45) is 8.47. The van der Waals surface area contributed by atoms with Crippen LogP contribution < -0.4 is 4.72 Å². The molecule has 0 aromatic carbocycles. The van der Waals surface area contributed by atoms with Crippen LogP contribution in [-0.4, -0.2) is 31.4 Å². The van der Waals surface area contributed by atoms with E-state index in [1.54, 1.807) is 0 Å². The molecule has 18 heavy (non-hydrogen) atoms. The quantitative estimate of drug-likeness (QED) is 0.822. The smallest absolute Gasteiger partial charge is 0.212 e. The molecular weight excluding hydrogens is 250 g/mol. The van der Waals surface area contributed by atoms with Gasteiger partial charge in [-0.2, -0.15) is 0 Å². The number of hydrogen-bond acceptors (Lipinski definition) is 3. The lowest BCUT2D eigenvalue weighted by atomic mass is 9.91. The van der Waals surface area contributed by atoms with Gasteiger partial charge >= 0.3 is 0 Å². The lowest BCUT2D eigenvalue weighted by molar-refractivity contribution is 0.120. The Kier molecular flexibility index (Phi) is 5.04. The van der Waals surface area contributed by atoms with Crippen LogP contribution in [0.4, 0.5) is 0 Å². The molecule has 2 rings (SSSR count). The number of sulfonamides is 1. The standard InChI is InChI=1S/C13H25NO3S/c15-13-8-6-12(7-9-13)14-18(16,17)10-11-4-2-1-3-5-11/h11-15H,1-10H2. The highest BCUT2D eigenvalue weighted by Crippen LogP contribution is 2.25. The minimum absolute atomic E-state index is 0.0435. The van der Waals surface area contributed by atoms with E-state index in [4.69, 9.17) is 0 Å². The van der Waals surface area contributed by atoms with Crippen molar-refractivity contribution in [3.8, 4) is 0 Å². The first kappa shape index (κ1) is 14.3. The molecular formula is C13H25NO3S. The molecule has 106 valence electrons. The van der Waals surface area contributed by atoms with Gasteiger partial charge in [0, 0.05) is 6.04 Å². The summed E-state index contributed by atoms with van der Waals surface area (Å²) in [5, 5.41) is 9.41. The van der Waals surface area contributed by atoms with Crippen molar-refractivity contribution in [2.24, 2.45) is 5.92 Å². The minimum Gasteiger partial charge on any atom is -0.393 e. The summed E-state index contributed by atoms with van der Waals surface area (Å²) < 4.78 is 27.0. The van der Waals surface area contributed by atoms with Crippen LogP contribution >= 0.6 is 0 Å². The Balaban J connectivity index is 1.79. The van der Waals surface area contributed by atoms with Gasteiger partial charge in [-0.15, -0.1) is 0 Å². The van der Waals surface area contributed by atoms with Crippen molar-refractivity contribution >= 4 is 10.0 Å². The maximum absolute atomic E-state index is 12.1. The van der Waals surface area contributed by atoms with Gasteiger partial charge in [-0.3, -0.25) is 0 Å². The molecule has 2 N–H and O–H groups in total. The van der Waals surface area contributed by atoms with Gasteiger partial charge in [-0.1, -0.05) is 19.3 Å². The maximum Gasteiger partial charge on any atom is 0.212 e. The van der Waals surface area contributed by atoms with Gasteiger partial charge in [0.15, 0.2) is 0 Å². The fraction of sp³-hybridized carbons (Fsp3) is 1.00. The summed E-state index contributed by atoms with van der Waals surface area (Å²) in [5.74, 6) is 0.650. The van der Waals surface area contributed by atoms with Crippen molar-refractivity contribution in [3.05, 3.63) is 0 Å². The van der Waals surface area contributed by atoms with E-state index in [1.165, 1.54) is 19.3 Å². The molecule has 2 aliphatic carbocycles. The van der Waals surface area contributed by atoms with Gasteiger partial charge in [-0.25, -0.2) is 13.1 Å². The monoisotopic (exact) mass is 275 g/mol. The van der Waals surface area contributed by atoms with E-state index < -0.39 is 10.0 Å². The number of rotatable bonds is 4. The molecule has 2 fully saturated rings. The predicted molar refractivity (Wildman–Crippen MR) is 71.8 cm³/mol. The fourth-order valence-corrected chi connectivity index (χ4v) is 4.95. The topological polar surface area (TPSA) is 66.4 Å². The van der Waals surface area contributed by atoms with Crippen molar-refractivity contribution in [2.75, 3.05) is 5.75 Å². The number of aliphatic hydroxyl groups excluding tert-OH is 1. The lowest BCUT2D eigenvalue weighted by Crippen LogP contribution is -2.41. The van der Waals surface area contributed by atoms with Crippen molar-refractivity contribution in [2.45, 2.75) is 69.9 Å². The zero-order valence-corrected chi connectivity index (χ0v) is 11.8. The third kappa shape index (κ3) is 4.52. The van der Waals surface area contributed by atoms with Crippen molar-refractivity contribution in [1.82, 2.24) is 4.72 Å². The van der Waals surface area contributed by atoms with Gasteiger partial charge < -0.3 is 5.11 Å². The van der Waals surface area contributed by atoms with Crippen LogP contribution in [-0.2, 0) is 10.0 Å². The largest absolute Gasteiger partial charge is 0.393 e. The molecule has 5 heteroatoms. The molecule has 0 bridgehead atoms. The minimum atomic E-state index is -3.13. The lowest BCUT2D eigenvalue weighted by Gasteiger charge is -2.27. The Morgan fingerprint density at radius 1 is 0.944 bits per heavy atom. The van der Waals surface area contributed by atoms with Gasteiger partial charge in [-0.05, 0) is 44.4 Å².